The van der Waals surface area contributed by atoms with Crippen LogP contribution >= 0.6 is 0 Å². The molecule has 8 nitrogen and oxygen atoms in total. The molecule has 1 fully saturated rings. The highest BCUT2D eigenvalue weighted by atomic mass is 32.2. The third kappa shape index (κ3) is 4.16. The van der Waals surface area contributed by atoms with Crippen molar-refractivity contribution in [2.45, 2.75) is 19.9 Å². The number of aromatic nitrogens is 2. The molecule has 0 saturated carbocycles. The number of rotatable bonds is 3. The smallest absolute Gasteiger partial charge is 0.318 e. The van der Waals surface area contributed by atoms with Gasteiger partial charge in [0.1, 0.15) is 6.04 Å². The number of urea groups is 1. The molecule has 1 unspecified atom stereocenters. The Bertz CT molecular complexity index is 847. The van der Waals surface area contributed by atoms with Gasteiger partial charge in [0.15, 0.2) is 9.84 Å². The first-order valence-electron chi connectivity index (χ1n) is 8.00. The molecule has 0 bridgehead atoms. The maximum absolute atomic E-state index is 12.2. The summed E-state index contributed by atoms with van der Waals surface area (Å²) in [5.41, 5.74) is 1.97. The first-order valence-corrected chi connectivity index (χ1v) is 9.83. The quantitative estimate of drug-likeness (QED) is 0.886. The molecule has 1 atom stereocenters. The number of aryl methyl sites for hydroxylation is 1. The van der Waals surface area contributed by atoms with Crippen molar-refractivity contribution in [2.75, 3.05) is 24.6 Å². The van der Waals surface area contributed by atoms with Crippen LogP contribution in [0.5, 0.6) is 0 Å². The van der Waals surface area contributed by atoms with Crippen LogP contribution in [0.25, 0.3) is 11.4 Å². The van der Waals surface area contributed by atoms with E-state index in [1.165, 1.54) is 4.90 Å². The molecule has 1 aliphatic rings. The SMILES string of the molecule is Cc1ccc(-c2noc(C(C)NC(=O)N3CCS(=O)(=O)CC3)n2)cc1. The van der Waals surface area contributed by atoms with E-state index in [-0.39, 0.29) is 30.6 Å². The van der Waals surface area contributed by atoms with Crippen molar-refractivity contribution < 1.29 is 17.7 Å². The molecule has 9 heteroatoms. The van der Waals surface area contributed by atoms with E-state index in [1.807, 2.05) is 31.2 Å². The summed E-state index contributed by atoms with van der Waals surface area (Å²) in [6.45, 7) is 4.12. The Balaban J connectivity index is 1.63. The Morgan fingerprint density at radius 2 is 1.88 bits per heavy atom. The molecule has 1 aromatic carbocycles. The number of sulfone groups is 1. The van der Waals surface area contributed by atoms with Crippen molar-refractivity contribution in [3.8, 4) is 11.4 Å². The molecule has 2 amide bonds. The van der Waals surface area contributed by atoms with Crippen LogP contribution in [0.3, 0.4) is 0 Å². The molecule has 2 aromatic rings. The Labute approximate surface area is 146 Å². The number of hydrogen-bond acceptors (Lipinski definition) is 6. The van der Waals surface area contributed by atoms with Crippen molar-refractivity contribution in [1.82, 2.24) is 20.4 Å². The third-order valence-corrected chi connectivity index (χ3v) is 5.70. The van der Waals surface area contributed by atoms with Crippen molar-refractivity contribution in [3.63, 3.8) is 0 Å². The number of nitrogens with one attached hydrogen (secondary N) is 1. The highest BCUT2D eigenvalue weighted by molar-refractivity contribution is 7.91. The van der Waals surface area contributed by atoms with Crippen LogP contribution in [0.2, 0.25) is 0 Å². The van der Waals surface area contributed by atoms with Crippen LogP contribution in [-0.2, 0) is 9.84 Å². The molecule has 2 heterocycles. The predicted molar refractivity (Wildman–Crippen MR) is 91.6 cm³/mol. The van der Waals surface area contributed by atoms with Gasteiger partial charge in [0.25, 0.3) is 0 Å². The fraction of sp³-hybridized carbons (Fsp3) is 0.438. The second-order valence-electron chi connectivity index (χ2n) is 6.13. The lowest BCUT2D eigenvalue weighted by Gasteiger charge is -2.27. The van der Waals surface area contributed by atoms with Gasteiger partial charge in [0, 0.05) is 18.7 Å². The standard InChI is InChI=1S/C16H20N4O4S/c1-11-3-5-13(6-4-11)14-18-15(24-19-14)12(2)17-16(21)20-7-9-25(22,23)10-8-20/h3-6,12H,7-10H2,1-2H3,(H,17,21). The summed E-state index contributed by atoms with van der Waals surface area (Å²) < 4.78 is 28.1. The lowest BCUT2D eigenvalue weighted by molar-refractivity contribution is 0.196. The summed E-state index contributed by atoms with van der Waals surface area (Å²) in [6, 6.07) is 6.92. The maximum Gasteiger partial charge on any atom is 0.318 e. The lowest BCUT2D eigenvalue weighted by Crippen LogP contribution is -2.48. The monoisotopic (exact) mass is 364 g/mol. The van der Waals surface area contributed by atoms with E-state index in [2.05, 4.69) is 15.5 Å². The van der Waals surface area contributed by atoms with E-state index in [0.29, 0.717) is 11.7 Å². The second-order valence-corrected chi connectivity index (χ2v) is 8.44. The topological polar surface area (TPSA) is 105 Å². The number of benzene rings is 1. The van der Waals surface area contributed by atoms with E-state index >= 15 is 0 Å². The molecular formula is C16H20N4O4S. The zero-order valence-electron chi connectivity index (χ0n) is 14.1. The summed E-state index contributed by atoms with van der Waals surface area (Å²) in [6.07, 6.45) is 0. The molecular weight excluding hydrogens is 344 g/mol. The van der Waals surface area contributed by atoms with Crippen LogP contribution in [0, 0.1) is 6.92 Å². The predicted octanol–water partition coefficient (Wildman–Crippen LogP) is 1.55. The van der Waals surface area contributed by atoms with Crippen molar-refractivity contribution in [3.05, 3.63) is 35.7 Å². The molecule has 1 aliphatic heterocycles. The van der Waals surface area contributed by atoms with Gasteiger partial charge in [-0.05, 0) is 13.8 Å². The van der Waals surface area contributed by atoms with Crippen LogP contribution in [0.1, 0.15) is 24.4 Å². The Morgan fingerprint density at radius 1 is 1.24 bits per heavy atom. The van der Waals surface area contributed by atoms with Gasteiger partial charge >= 0.3 is 6.03 Å². The first kappa shape index (κ1) is 17.4. The summed E-state index contributed by atoms with van der Waals surface area (Å²) in [4.78, 5) is 18.0. The number of amides is 2. The van der Waals surface area contributed by atoms with E-state index in [1.54, 1.807) is 6.92 Å². The van der Waals surface area contributed by atoms with Crippen LogP contribution in [-0.4, -0.2) is 54.1 Å². The summed E-state index contributed by atoms with van der Waals surface area (Å²) in [7, 11) is -3.02. The largest absolute Gasteiger partial charge is 0.337 e. The Kier molecular flexibility index (Phi) is 4.76. The van der Waals surface area contributed by atoms with Crippen LogP contribution in [0.15, 0.2) is 28.8 Å². The van der Waals surface area contributed by atoms with Crippen molar-refractivity contribution >= 4 is 15.9 Å². The molecule has 0 radical (unpaired) electrons. The molecule has 1 N–H and O–H groups in total. The maximum atomic E-state index is 12.2. The van der Waals surface area contributed by atoms with E-state index < -0.39 is 15.9 Å². The van der Waals surface area contributed by atoms with Gasteiger partial charge in [-0.3, -0.25) is 0 Å². The second kappa shape index (κ2) is 6.83. The van der Waals surface area contributed by atoms with Gasteiger partial charge in [0.05, 0.1) is 11.5 Å². The van der Waals surface area contributed by atoms with Gasteiger partial charge in [-0.1, -0.05) is 35.0 Å². The molecule has 3 rings (SSSR count). The van der Waals surface area contributed by atoms with Gasteiger partial charge in [-0.25, -0.2) is 13.2 Å². The fourth-order valence-corrected chi connectivity index (χ4v) is 3.69. The van der Waals surface area contributed by atoms with Crippen molar-refractivity contribution in [1.29, 1.82) is 0 Å². The van der Waals surface area contributed by atoms with Gasteiger partial charge in [-0.15, -0.1) is 0 Å². The summed E-state index contributed by atoms with van der Waals surface area (Å²) >= 11 is 0. The number of nitrogens with zero attached hydrogens (tertiary/aromatic N) is 3. The van der Waals surface area contributed by atoms with Crippen molar-refractivity contribution in [2.24, 2.45) is 0 Å². The molecule has 0 spiro atoms. The number of carbonyl (C=O) groups excluding carboxylic acids is 1. The normalized spacial score (nSPS) is 17.9. The van der Waals surface area contributed by atoms with E-state index in [0.717, 1.165) is 11.1 Å². The molecule has 1 saturated heterocycles. The zero-order valence-corrected chi connectivity index (χ0v) is 14.9. The molecule has 25 heavy (non-hydrogen) atoms. The van der Waals surface area contributed by atoms with Gasteiger partial charge < -0.3 is 14.7 Å². The van der Waals surface area contributed by atoms with Gasteiger partial charge in [-0.2, -0.15) is 4.98 Å². The summed E-state index contributed by atoms with van der Waals surface area (Å²) in [5, 5.41) is 6.71. The number of hydrogen-bond donors (Lipinski definition) is 1. The minimum Gasteiger partial charge on any atom is -0.337 e. The highest BCUT2D eigenvalue weighted by Crippen LogP contribution is 2.19. The Hall–Kier alpha value is -2.42. The number of carbonyl (C=O) groups is 1. The molecule has 134 valence electrons. The minimum atomic E-state index is -3.02. The minimum absolute atomic E-state index is 0.00701. The fourth-order valence-electron chi connectivity index (χ4n) is 2.48. The average molecular weight is 364 g/mol. The van der Waals surface area contributed by atoms with Crippen LogP contribution < -0.4 is 5.32 Å². The molecule has 0 aliphatic carbocycles. The van der Waals surface area contributed by atoms with E-state index in [4.69, 9.17) is 4.52 Å². The van der Waals surface area contributed by atoms with Gasteiger partial charge in [0.2, 0.25) is 11.7 Å². The first-order chi connectivity index (χ1) is 11.8. The average Bonchev–Trinajstić information content (AvgIpc) is 3.05. The lowest BCUT2D eigenvalue weighted by atomic mass is 10.1. The Morgan fingerprint density at radius 3 is 2.52 bits per heavy atom. The van der Waals surface area contributed by atoms with Crippen LogP contribution in [0.4, 0.5) is 4.79 Å². The summed E-state index contributed by atoms with van der Waals surface area (Å²) in [5.74, 6) is 0.744. The zero-order chi connectivity index (χ0) is 18.0. The molecule has 1 aromatic heterocycles. The van der Waals surface area contributed by atoms with E-state index in [9.17, 15) is 13.2 Å². The third-order valence-electron chi connectivity index (χ3n) is 4.09. The highest BCUT2D eigenvalue weighted by Gasteiger charge is 2.27.